The van der Waals surface area contributed by atoms with Gasteiger partial charge in [-0.2, -0.15) is 0 Å². The molecule has 42 heavy (non-hydrogen) atoms. The lowest BCUT2D eigenvalue weighted by molar-refractivity contribution is -0.117. The SMILES string of the molecule is CC(=O)CCOP(=O)(O)O.CCN(CC)c1ccc2c(-c3ccccc3)c3ccc(=[N+](CC)CC)cc-3oc2c1.CN. The second kappa shape index (κ2) is 16.9. The van der Waals surface area contributed by atoms with Crippen LogP contribution < -0.4 is 20.6 Å². The Morgan fingerprint density at radius 1 is 0.952 bits per heavy atom. The highest BCUT2D eigenvalue weighted by atomic mass is 31.2. The van der Waals surface area contributed by atoms with E-state index >= 15 is 0 Å². The Hall–Kier alpha value is -3.33. The number of benzene rings is 3. The van der Waals surface area contributed by atoms with E-state index in [1.54, 1.807) is 0 Å². The minimum Gasteiger partial charge on any atom is -0.456 e. The van der Waals surface area contributed by atoms with Gasteiger partial charge in [0.15, 0.2) is 0 Å². The third kappa shape index (κ3) is 9.61. The summed E-state index contributed by atoms with van der Waals surface area (Å²) >= 11 is 0. The molecule has 1 heterocycles. The predicted molar refractivity (Wildman–Crippen MR) is 172 cm³/mol. The fourth-order valence-corrected chi connectivity index (χ4v) is 4.99. The van der Waals surface area contributed by atoms with E-state index in [4.69, 9.17) is 14.2 Å². The molecule has 0 atom stereocenters. The molecule has 4 N–H and O–H groups in total. The van der Waals surface area contributed by atoms with Crippen molar-refractivity contribution in [1.29, 1.82) is 0 Å². The third-order valence-electron chi connectivity index (χ3n) is 6.72. The first kappa shape index (κ1) is 34.9. The molecule has 1 aliphatic heterocycles. The maximum Gasteiger partial charge on any atom is 0.469 e. The number of ketones is 1. The van der Waals surface area contributed by atoms with Crippen LogP contribution in [0.3, 0.4) is 0 Å². The Bertz CT molecular complexity index is 1500. The molecule has 2 aliphatic rings. The number of fused-ring (bicyclic) bond motifs is 2. The van der Waals surface area contributed by atoms with Crippen molar-refractivity contribution in [2.75, 3.05) is 44.7 Å². The minimum absolute atomic E-state index is 0.0328. The highest BCUT2D eigenvalue weighted by Crippen LogP contribution is 2.40. The molecule has 0 aromatic heterocycles. The quantitative estimate of drug-likeness (QED) is 0.124. The van der Waals surface area contributed by atoms with E-state index in [2.05, 4.69) is 114 Å². The summed E-state index contributed by atoms with van der Waals surface area (Å²) in [5.41, 5.74) is 10.2. The van der Waals surface area contributed by atoms with Gasteiger partial charge in [-0.3, -0.25) is 9.32 Å². The van der Waals surface area contributed by atoms with Gasteiger partial charge in [0.25, 0.3) is 0 Å². The van der Waals surface area contributed by atoms with Crippen LogP contribution in [0.5, 0.6) is 0 Å². The number of rotatable bonds is 10. The first-order valence-electron chi connectivity index (χ1n) is 14.3. The summed E-state index contributed by atoms with van der Waals surface area (Å²) in [4.78, 5) is 28.8. The Morgan fingerprint density at radius 2 is 1.60 bits per heavy atom. The highest BCUT2D eigenvalue weighted by Gasteiger charge is 2.19. The van der Waals surface area contributed by atoms with Crippen LogP contribution in [0.2, 0.25) is 0 Å². The molecular weight excluding hydrogens is 553 g/mol. The van der Waals surface area contributed by atoms with E-state index in [9.17, 15) is 9.36 Å². The first-order chi connectivity index (χ1) is 20.1. The van der Waals surface area contributed by atoms with Gasteiger partial charge < -0.3 is 24.8 Å². The van der Waals surface area contributed by atoms with Crippen LogP contribution in [-0.2, 0) is 13.9 Å². The lowest BCUT2D eigenvalue weighted by atomic mass is 9.93. The van der Waals surface area contributed by atoms with Gasteiger partial charge in [0.05, 0.1) is 12.7 Å². The molecule has 1 aliphatic carbocycles. The van der Waals surface area contributed by atoms with E-state index in [0.29, 0.717) is 0 Å². The smallest absolute Gasteiger partial charge is 0.456 e. The second-order valence-electron chi connectivity index (χ2n) is 9.32. The van der Waals surface area contributed by atoms with Crippen LogP contribution in [0.15, 0.2) is 71.1 Å². The number of anilines is 1. The Morgan fingerprint density at radius 3 is 2.14 bits per heavy atom. The standard InChI is InChI=1S/C27H31N2O.C4H9O5P.CH5N/c1-5-28(6-2)21-14-16-23-25(18-21)30-26-19-22(29(7-3)8-4)15-17-24(26)27(23)20-12-10-9-11-13-20;1-4(5)2-3-9-10(6,7)8;1-2/h9-19H,5-8H2,1-4H3;2-3H2,1H3,(H2,6,7,8);2H2,1H3/q+1;;. The fourth-order valence-electron chi connectivity index (χ4n) is 4.66. The number of Topliss-reactive ketones (excluding diaryl/α,β-unsaturated/α-hetero) is 1. The zero-order valence-corrected chi connectivity index (χ0v) is 26.4. The molecule has 4 rings (SSSR count). The molecular formula is C32H45N3O6P+. The largest absolute Gasteiger partial charge is 0.469 e. The van der Waals surface area contributed by atoms with E-state index < -0.39 is 7.82 Å². The molecule has 0 amide bonds. The molecule has 0 saturated carbocycles. The van der Waals surface area contributed by atoms with E-state index in [1.165, 1.54) is 36.1 Å². The molecule has 228 valence electrons. The van der Waals surface area contributed by atoms with Crippen LogP contribution in [0, 0.1) is 0 Å². The molecule has 0 radical (unpaired) electrons. The molecule has 0 bridgehead atoms. The van der Waals surface area contributed by atoms with Gasteiger partial charge in [-0.05, 0) is 65.4 Å². The van der Waals surface area contributed by atoms with E-state index in [0.717, 1.165) is 48.5 Å². The monoisotopic (exact) mass is 598 g/mol. The van der Waals surface area contributed by atoms with Crippen molar-refractivity contribution in [3.8, 4) is 22.5 Å². The van der Waals surface area contributed by atoms with Crippen LogP contribution in [0.25, 0.3) is 33.4 Å². The average Bonchev–Trinajstić information content (AvgIpc) is 2.98. The van der Waals surface area contributed by atoms with Gasteiger partial charge in [-0.15, -0.1) is 0 Å². The van der Waals surface area contributed by atoms with Gasteiger partial charge >= 0.3 is 7.82 Å². The van der Waals surface area contributed by atoms with Crippen LogP contribution >= 0.6 is 7.82 Å². The average molecular weight is 599 g/mol. The summed E-state index contributed by atoms with van der Waals surface area (Å²) in [5, 5.41) is 2.36. The number of phosphoric acid groups is 1. The fraction of sp³-hybridized carbons (Fsp3) is 0.375. The number of carbonyl (C=O) groups excluding carboxylic acids is 1. The maximum atomic E-state index is 10.2. The molecule has 0 fully saturated rings. The number of nitrogens with two attached hydrogens (primary N) is 1. The zero-order chi connectivity index (χ0) is 31.3. The second-order valence-corrected chi connectivity index (χ2v) is 10.6. The van der Waals surface area contributed by atoms with Crippen molar-refractivity contribution in [1.82, 2.24) is 4.58 Å². The summed E-state index contributed by atoms with van der Waals surface area (Å²) in [7, 11) is -2.87. The van der Waals surface area contributed by atoms with Crippen molar-refractivity contribution in [2.24, 2.45) is 5.73 Å². The third-order valence-corrected chi connectivity index (χ3v) is 7.24. The summed E-state index contributed by atoms with van der Waals surface area (Å²) in [6.07, 6.45) is 0.0328. The maximum absolute atomic E-state index is 10.2. The van der Waals surface area contributed by atoms with Gasteiger partial charge in [0.2, 0.25) is 5.36 Å². The lowest BCUT2D eigenvalue weighted by Crippen LogP contribution is -2.29. The molecule has 2 aromatic rings. The van der Waals surface area contributed by atoms with Crippen LogP contribution in [0.1, 0.15) is 41.0 Å². The number of hydrogen-bond acceptors (Lipinski definition) is 6. The normalized spacial score (nSPS) is 10.9. The summed E-state index contributed by atoms with van der Waals surface area (Å²) in [5.74, 6) is 0.774. The molecule has 10 heteroatoms. The summed E-state index contributed by atoms with van der Waals surface area (Å²) < 4.78 is 22.8. The minimum atomic E-state index is -4.37. The van der Waals surface area contributed by atoms with Gasteiger partial charge in [0, 0.05) is 53.8 Å². The summed E-state index contributed by atoms with van der Waals surface area (Å²) in [6.45, 7) is 13.8. The van der Waals surface area contributed by atoms with Crippen molar-refractivity contribution < 1.29 is 28.1 Å². The molecule has 2 aromatic carbocycles. The van der Waals surface area contributed by atoms with Crippen molar-refractivity contribution in [3.63, 3.8) is 0 Å². The Labute approximate surface area is 248 Å². The topological polar surface area (TPSA) is 129 Å². The number of carbonyl (C=O) groups is 1. The Balaban J connectivity index is 0.000000438. The molecule has 0 saturated heterocycles. The van der Waals surface area contributed by atoms with Crippen LogP contribution in [-0.4, -0.2) is 55.4 Å². The Kier molecular flexibility index (Phi) is 14.1. The first-order valence-corrected chi connectivity index (χ1v) is 15.8. The van der Waals surface area contributed by atoms with Crippen molar-refractivity contribution in [3.05, 3.63) is 72.1 Å². The zero-order valence-electron chi connectivity index (χ0n) is 25.5. The van der Waals surface area contributed by atoms with Crippen molar-refractivity contribution >= 4 is 30.3 Å². The number of hydrogen-bond donors (Lipinski definition) is 3. The number of phosphoric ester groups is 1. The van der Waals surface area contributed by atoms with E-state index in [-0.39, 0.29) is 18.8 Å². The molecule has 0 spiro atoms. The van der Waals surface area contributed by atoms with Crippen LogP contribution in [0.4, 0.5) is 5.69 Å². The predicted octanol–water partition coefficient (Wildman–Crippen LogP) is 5.51. The van der Waals surface area contributed by atoms with Crippen molar-refractivity contribution in [2.45, 2.75) is 41.0 Å². The molecule has 0 unspecified atom stereocenters. The highest BCUT2D eigenvalue weighted by molar-refractivity contribution is 7.46. The van der Waals surface area contributed by atoms with Gasteiger partial charge in [-0.25, -0.2) is 9.14 Å². The van der Waals surface area contributed by atoms with Gasteiger partial charge in [0.1, 0.15) is 30.2 Å². The molecule has 9 nitrogen and oxygen atoms in total. The van der Waals surface area contributed by atoms with E-state index in [1.807, 2.05) is 0 Å². The summed E-state index contributed by atoms with van der Waals surface area (Å²) in [6, 6.07) is 23.9. The number of nitrogens with zero attached hydrogens (tertiary/aromatic N) is 2. The van der Waals surface area contributed by atoms with Gasteiger partial charge in [-0.1, -0.05) is 30.3 Å². The lowest BCUT2D eigenvalue weighted by Gasteiger charge is -2.22.